The minimum absolute atomic E-state index is 0.0101. The number of nitrogens with two attached hydrogens (primary N) is 1. The van der Waals surface area contributed by atoms with Gasteiger partial charge < -0.3 is 5.73 Å². The molecule has 1 heterocycles. The Morgan fingerprint density at radius 3 is 2.57 bits per heavy atom. The molecule has 0 aromatic heterocycles. The maximum absolute atomic E-state index is 6.30. The van der Waals surface area contributed by atoms with E-state index in [0.29, 0.717) is 0 Å². The largest absolute Gasteiger partial charge is 0.324 e. The standard InChI is InChI=1S/C18H21ClN2/c19-17-8-4-3-7-16(17)18(20)10-12-21-11-9-14-5-1-2-6-15(14)13-21/h1-8,18H,9-13,20H2. The molecule has 0 amide bonds. The van der Waals surface area contributed by atoms with Gasteiger partial charge in [-0.25, -0.2) is 0 Å². The van der Waals surface area contributed by atoms with E-state index in [1.54, 1.807) is 0 Å². The molecule has 0 bridgehead atoms. The summed E-state index contributed by atoms with van der Waals surface area (Å²) >= 11 is 6.21. The number of halogens is 1. The van der Waals surface area contributed by atoms with Crippen molar-refractivity contribution in [1.82, 2.24) is 4.90 Å². The van der Waals surface area contributed by atoms with Crippen molar-refractivity contribution in [3.63, 3.8) is 0 Å². The molecule has 0 saturated carbocycles. The van der Waals surface area contributed by atoms with Crippen molar-refractivity contribution in [2.45, 2.75) is 25.4 Å². The van der Waals surface area contributed by atoms with E-state index in [1.165, 1.54) is 11.1 Å². The molecular formula is C18H21ClN2. The third-order valence-corrected chi connectivity index (χ3v) is 4.61. The van der Waals surface area contributed by atoms with Crippen LogP contribution in [0.3, 0.4) is 0 Å². The van der Waals surface area contributed by atoms with Gasteiger partial charge in [-0.3, -0.25) is 4.90 Å². The van der Waals surface area contributed by atoms with Gasteiger partial charge in [0.15, 0.2) is 0 Å². The summed E-state index contributed by atoms with van der Waals surface area (Å²) in [6, 6.07) is 16.6. The van der Waals surface area contributed by atoms with Crippen molar-refractivity contribution in [3.8, 4) is 0 Å². The van der Waals surface area contributed by atoms with Crippen LogP contribution < -0.4 is 5.73 Å². The quantitative estimate of drug-likeness (QED) is 0.931. The Morgan fingerprint density at radius 1 is 1.05 bits per heavy atom. The summed E-state index contributed by atoms with van der Waals surface area (Å²) in [5.41, 5.74) is 10.3. The monoisotopic (exact) mass is 300 g/mol. The van der Waals surface area contributed by atoms with Crippen molar-refractivity contribution < 1.29 is 0 Å². The number of fused-ring (bicyclic) bond motifs is 1. The smallest absolute Gasteiger partial charge is 0.0453 e. The van der Waals surface area contributed by atoms with Gasteiger partial charge in [0, 0.05) is 30.7 Å². The highest BCUT2D eigenvalue weighted by molar-refractivity contribution is 6.31. The van der Waals surface area contributed by atoms with Crippen molar-refractivity contribution in [2.75, 3.05) is 13.1 Å². The third-order valence-electron chi connectivity index (χ3n) is 4.27. The van der Waals surface area contributed by atoms with E-state index in [2.05, 4.69) is 29.2 Å². The fraction of sp³-hybridized carbons (Fsp3) is 0.333. The van der Waals surface area contributed by atoms with E-state index in [9.17, 15) is 0 Å². The second-order valence-corrected chi connectivity index (χ2v) is 6.12. The van der Waals surface area contributed by atoms with Gasteiger partial charge in [-0.05, 0) is 35.6 Å². The van der Waals surface area contributed by atoms with E-state index in [4.69, 9.17) is 17.3 Å². The van der Waals surface area contributed by atoms with E-state index in [0.717, 1.165) is 43.1 Å². The maximum Gasteiger partial charge on any atom is 0.0453 e. The van der Waals surface area contributed by atoms with Gasteiger partial charge in [-0.1, -0.05) is 54.1 Å². The Labute approximate surface area is 131 Å². The van der Waals surface area contributed by atoms with Crippen LogP contribution >= 0.6 is 11.6 Å². The van der Waals surface area contributed by atoms with Crippen LogP contribution in [-0.2, 0) is 13.0 Å². The first-order chi connectivity index (χ1) is 10.2. The minimum atomic E-state index is 0.0101. The number of rotatable bonds is 4. The Balaban J connectivity index is 1.58. The van der Waals surface area contributed by atoms with Crippen molar-refractivity contribution in [3.05, 3.63) is 70.2 Å². The fourth-order valence-electron chi connectivity index (χ4n) is 3.00. The third kappa shape index (κ3) is 3.46. The molecule has 0 aliphatic carbocycles. The second-order valence-electron chi connectivity index (χ2n) is 5.71. The normalized spacial score (nSPS) is 16.5. The van der Waals surface area contributed by atoms with Crippen molar-refractivity contribution >= 4 is 11.6 Å². The molecule has 110 valence electrons. The zero-order valence-electron chi connectivity index (χ0n) is 12.1. The van der Waals surface area contributed by atoms with Crippen molar-refractivity contribution in [1.29, 1.82) is 0 Å². The maximum atomic E-state index is 6.30. The zero-order valence-corrected chi connectivity index (χ0v) is 12.9. The van der Waals surface area contributed by atoms with Gasteiger partial charge in [0.2, 0.25) is 0 Å². The second kappa shape index (κ2) is 6.61. The van der Waals surface area contributed by atoms with Gasteiger partial charge in [0.25, 0.3) is 0 Å². The molecule has 21 heavy (non-hydrogen) atoms. The summed E-state index contributed by atoms with van der Waals surface area (Å²) in [6.07, 6.45) is 2.07. The Hall–Kier alpha value is -1.35. The number of hydrogen-bond acceptors (Lipinski definition) is 2. The predicted octanol–water partition coefficient (Wildman–Crippen LogP) is 3.79. The molecule has 3 heteroatoms. The molecule has 0 saturated heterocycles. The first-order valence-corrected chi connectivity index (χ1v) is 7.91. The van der Waals surface area contributed by atoms with Crippen LogP contribution in [0.4, 0.5) is 0 Å². The lowest BCUT2D eigenvalue weighted by molar-refractivity contribution is 0.244. The number of hydrogen-bond donors (Lipinski definition) is 1. The van der Waals surface area contributed by atoms with Gasteiger partial charge >= 0.3 is 0 Å². The molecule has 1 aliphatic rings. The molecular weight excluding hydrogens is 280 g/mol. The summed E-state index contributed by atoms with van der Waals surface area (Å²) in [4.78, 5) is 2.49. The van der Waals surface area contributed by atoms with Crippen LogP contribution in [0.25, 0.3) is 0 Å². The summed E-state index contributed by atoms with van der Waals surface area (Å²) < 4.78 is 0. The molecule has 2 aromatic carbocycles. The lowest BCUT2D eigenvalue weighted by Gasteiger charge is -2.29. The molecule has 1 aliphatic heterocycles. The van der Waals surface area contributed by atoms with Crippen LogP contribution in [0, 0.1) is 0 Å². The lowest BCUT2D eigenvalue weighted by Crippen LogP contribution is -2.32. The van der Waals surface area contributed by atoms with E-state index in [-0.39, 0.29) is 6.04 Å². The van der Waals surface area contributed by atoms with Crippen LogP contribution in [0.2, 0.25) is 5.02 Å². The Bertz CT molecular complexity index is 612. The predicted molar refractivity (Wildman–Crippen MR) is 88.4 cm³/mol. The molecule has 2 nitrogen and oxygen atoms in total. The van der Waals surface area contributed by atoms with Crippen LogP contribution in [0.5, 0.6) is 0 Å². The summed E-state index contributed by atoms with van der Waals surface area (Å²) in [5.74, 6) is 0. The number of nitrogens with zero attached hydrogens (tertiary/aromatic N) is 1. The first-order valence-electron chi connectivity index (χ1n) is 7.53. The average molecular weight is 301 g/mol. The molecule has 0 radical (unpaired) electrons. The van der Waals surface area contributed by atoms with Gasteiger partial charge in [-0.15, -0.1) is 0 Å². The molecule has 0 fully saturated rings. The molecule has 1 atom stereocenters. The van der Waals surface area contributed by atoms with Gasteiger partial charge in [0.05, 0.1) is 0 Å². The highest BCUT2D eigenvalue weighted by atomic mass is 35.5. The average Bonchev–Trinajstić information content (AvgIpc) is 2.53. The molecule has 0 spiro atoms. The zero-order chi connectivity index (χ0) is 14.7. The fourth-order valence-corrected chi connectivity index (χ4v) is 3.27. The highest BCUT2D eigenvalue weighted by Crippen LogP contribution is 2.24. The minimum Gasteiger partial charge on any atom is -0.324 e. The summed E-state index contributed by atoms with van der Waals surface area (Å²) in [5, 5.41) is 0.772. The van der Waals surface area contributed by atoms with Crippen LogP contribution in [-0.4, -0.2) is 18.0 Å². The topological polar surface area (TPSA) is 29.3 Å². The number of benzene rings is 2. The van der Waals surface area contributed by atoms with E-state index >= 15 is 0 Å². The van der Waals surface area contributed by atoms with Crippen LogP contribution in [0.1, 0.15) is 29.2 Å². The SMILES string of the molecule is NC(CCN1CCc2ccccc2C1)c1ccccc1Cl. The summed E-state index contributed by atoms with van der Waals surface area (Å²) in [7, 11) is 0. The van der Waals surface area contributed by atoms with Gasteiger partial charge in [0.1, 0.15) is 0 Å². The molecule has 2 aromatic rings. The Morgan fingerprint density at radius 2 is 1.76 bits per heavy atom. The highest BCUT2D eigenvalue weighted by Gasteiger charge is 2.17. The molecule has 2 N–H and O–H groups in total. The molecule has 1 unspecified atom stereocenters. The lowest BCUT2D eigenvalue weighted by atomic mass is 9.99. The first kappa shape index (κ1) is 14.6. The van der Waals surface area contributed by atoms with Crippen LogP contribution in [0.15, 0.2) is 48.5 Å². The Kier molecular flexibility index (Phi) is 4.59. The van der Waals surface area contributed by atoms with Crippen molar-refractivity contribution in [2.24, 2.45) is 5.73 Å². The van der Waals surface area contributed by atoms with Gasteiger partial charge in [-0.2, -0.15) is 0 Å². The summed E-state index contributed by atoms with van der Waals surface area (Å²) in [6.45, 7) is 3.17. The van der Waals surface area contributed by atoms with E-state index < -0.39 is 0 Å². The van der Waals surface area contributed by atoms with E-state index in [1.807, 2.05) is 24.3 Å². The molecule has 3 rings (SSSR count).